The van der Waals surface area contributed by atoms with Gasteiger partial charge in [-0.05, 0) is 42.2 Å². The van der Waals surface area contributed by atoms with E-state index in [1.54, 1.807) is 4.90 Å². The lowest BCUT2D eigenvalue weighted by atomic mass is 10.0. The summed E-state index contributed by atoms with van der Waals surface area (Å²) in [6, 6.07) is 17.6. The van der Waals surface area contributed by atoms with Gasteiger partial charge in [-0.2, -0.15) is 0 Å². The van der Waals surface area contributed by atoms with Gasteiger partial charge >= 0.3 is 0 Å². The highest BCUT2D eigenvalue weighted by molar-refractivity contribution is 6.00. The van der Waals surface area contributed by atoms with E-state index in [0.717, 1.165) is 17.9 Å². The van der Waals surface area contributed by atoms with Crippen LogP contribution in [0.1, 0.15) is 38.2 Å². The van der Waals surface area contributed by atoms with Gasteiger partial charge < -0.3 is 15.0 Å². The third-order valence-electron chi connectivity index (χ3n) is 5.07. The van der Waals surface area contributed by atoms with Crippen LogP contribution in [0.2, 0.25) is 0 Å². The average molecular weight is 380 g/mol. The zero-order valence-electron chi connectivity index (χ0n) is 16.6. The number of hydrogen-bond donors (Lipinski definition) is 1. The molecule has 3 rings (SSSR count). The first-order valence-corrected chi connectivity index (χ1v) is 9.94. The Hall–Kier alpha value is -2.82. The normalized spacial score (nSPS) is 17.4. The van der Waals surface area contributed by atoms with Crippen LogP contribution in [0.5, 0.6) is 5.75 Å². The van der Waals surface area contributed by atoms with Crippen LogP contribution in [0.3, 0.4) is 0 Å². The average Bonchev–Trinajstić information content (AvgIpc) is 3.13. The standard InChI is InChI=1S/C23H28N2O3/c1-3-13-28-21-11-9-20(10-12-21)25-16-19(14-22(25)26)23(27)24-15-17(2)18-7-5-4-6-8-18/h4-12,17,19H,3,13-16H2,1-2H3,(H,24,27)/t17-,19-/m0/s1. The van der Waals surface area contributed by atoms with Gasteiger partial charge in [-0.3, -0.25) is 9.59 Å². The molecule has 1 aliphatic rings. The summed E-state index contributed by atoms with van der Waals surface area (Å²) in [6.45, 7) is 5.80. The summed E-state index contributed by atoms with van der Waals surface area (Å²) in [5.74, 6) is 0.641. The molecule has 28 heavy (non-hydrogen) atoms. The number of ether oxygens (including phenoxy) is 1. The van der Waals surface area contributed by atoms with Crippen molar-refractivity contribution in [3.05, 3.63) is 60.2 Å². The van der Waals surface area contributed by atoms with Crippen molar-refractivity contribution in [1.82, 2.24) is 5.32 Å². The highest BCUT2D eigenvalue weighted by Crippen LogP contribution is 2.27. The van der Waals surface area contributed by atoms with Gasteiger partial charge in [0.2, 0.25) is 11.8 Å². The first kappa shape index (κ1) is 19.9. The Kier molecular flexibility index (Phi) is 6.69. The Balaban J connectivity index is 1.54. The molecule has 2 atom stereocenters. The number of nitrogens with zero attached hydrogens (tertiary/aromatic N) is 1. The van der Waals surface area contributed by atoms with Crippen LogP contribution < -0.4 is 15.0 Å². The van der Waals surface area contributed by atoms with Crippen molar-refractivity contribution >= 4 is 17.5 Å². The minimum Gasteiger partial charge on any atom is -0.494 e. The number of nitrogens with one attached hydrogen (secondary N) is 1. The largest absolute Gasteiger partial charge is 0.494 e. The molecule has 1 fully saturated rings. The van der Waals surface area contributed by atoms with Crippen LogP contribution in [0, 0.1) is 5.92 Å². The van der Waals surface area contributed by atoms with Crippen LogP contribution in [-0.2, 0) is 9.59 Å². The summed E-state index contributed by atoms with van der Waals surface area (Å²) in [7, 11) is 0. The van der Waals surface area contributed by atoms with E-state index in [-0.39, 0.29) is 30.1 Å². The molecule has 1 heterocycles. The van der Waals surface area contributed by atoms with E-state index in [1.165, 1.54) is 5.56 Å². The summed E-state index contributed by atoms with van der Waals surface area (Å²) in [5, 5.41) is 3.01. The van der Waals surface area contributed by atoms with Crippen molar-refractivity contribution < 1.29 is 14.3 Å². The molecular weight excluding hydrogens is 352 g/mol. The SMILES string of the molecule is CCCOc1ccc(N2C[C@@H](C(=O)NC[C@H](C)c3ccccc3)CC2=O)cc1. The maximum atomic E-state index is 12.6. The molecule has 2 amide bonds. The van der Waals surface area contributed by atoms with Crippen molar-refractivity contribution in [2.45, 2.75) is 32.6 Å². The van der Waals surface area contributed by atoms with Crippen LogP contribution in [0.25, 0.3) is 0 Å². The Bertz CT molecular complexity index is 789. The molecule has 0 aromatic heterocycles. The molecule has 5 nitrogen and oxygen atoms in total. The van der Waals surface area contributed by atoms with Crippen molar-refractivity contribution in [1.29, 1.82) is 0 Å². The summed E-state index contributed by atoms with van der Waals surface area (Å²) in [6.07, 6.45) is 1.20. The van der Waals surface area contributed by atoms with Crippen molar-refractivity contribution in [2.24, 2.45) is 5.92 Å². The van der Waals surface area contributed by atoms with Gasteiger partial charge in [0.1, 0.15) is 5.75 Å². The highest BCUT2D eigenvalue weighted by atomic mass is 16.5. The monoisotopic (exact) mass is 380 g/mol. The fourth-order valence-corrected chi connectivity index (χ4v) is 3.37. The molecule has 0 radical (unpaired) electrons. The van der Waals surface area contributed by atoms with E-state index in [9.17, 15) is 9.59 Å². The molecule has 148 valence electrons. The minimum atomic E-state index is -0.313. The number of rotatable bonds is 8. The summed E-state index contributed by atoms with van der Waals surface area (Å²) in [5.41, 5.74) is 2.00. The van der Waals surface area contributed by atoms with Gasteiger partial charge in [0.25, 0.3) is 0 Å². The lowest BCUT2D eigenvalue weighted by molar-refractivity contribution is -0.126. The van der Waals surface area contributed by atoms with Crippen molar-refractivity contribution in [2.75, 3.05) is 24.6 Å². The first-order valence-electron chi connectivity index (χ1n) is 9.94. The van der Waals surface area contributed by atoms with Gasteiger partial charge in [0, 0.05) is 25.2 Å². The molecule has 0 aliphatic carbocycles. The lowest BCUT2D eigenvalue weighted by Crippen LogP contribution is -2.35. The highest BCUT2D eigenvalue weighted by Gasteiger charge is 2.35. The second-order valence-electron chi connectivity index (χ2n) is 7.30. The predicted molar refractivity (Wildman–Crippen MR) is 111 cm³/mol. The third-order valence-corrected chi connectivity index (χ3v) is 5.07. The summed E-state index contributed by atoms with van der Waals surface area (Å²) < 4.78 is 5.58. The second-order valence-corrected chi connectivity index (χ2v) is 7.30. The number of carbonyl (C=O) groups excluding carboxylic acids is 2. The predicted octanol–water partition coefficient (Wildman–Crippen LogP) is 3.75. The number of hydrogen-bond acceptors (Lipinski definition) is 3. The smallest absolute Gasteiger partial charge is 0.227 e. The van der Waals surface area contributed by atoms with Crippen molar-refractivity contribution in [3.8, 4) is 5.75 Å². The molecule has 0 spiro atoms. The molecule has 2 aromatic carbocycles. The molecule has 2 aromatic rings. The van der Waals surface area contributed by atoms with Gasteiger partial charge in [-0.25, -0.2) is 0 Å². The molecular formula is C23H28N2O3. The fraction of sp³-hybridized carbons (Fsp3) is 0.391. The molecule has 0 bridgehead atoms. The molecule has 5 heteroatoms. The van der Waals surface area contributed by atoms with E-state index in [4.69, 9.17) is 4.74 Å². The molecule has 1 N–H and O–H groups in total. The second kappa shape index (κ2) is 9.40. The zero-order valence-corrected chi connectivity index (χ0v) is 16.6. The topological polar surface area (TPSA) is 58.6 Å². The Morgan fingerprint density at radius 1 is 1.18 bits per heavy atom. The van der Waals surface area contributed by atoms with Crippen LogP contribution in [-0.4, -0.2) is 31.5 Å². The molecule has 1 saturated heterocycles. The third kappa shape index (κ3) is 4.91. The van der Waals surface area contributed by atoms with Crippen LogP contribution in [0.4, 0.5) is 5.69 Å². The zero-order chi connectivity index (χ0) is 19.9. The number of anilines is 1. The maximum absolute atomic E-state index is 12.6. The van der Waals surface area contributed by atoms with Crippen LogP contribution >= 0.6 is 0 Å². The maximum Gasteiger partial charge on any atom is 0.227 e. The molecule has 0 saturated carbocycles. The van der Waals surface area contributed by atoms with E-state index < -0.39 is 0 Å². The lowest BCUT2D eigenvalue weighted by Gasteiger charge is -2.18. The summed E-state index contributed by atoms with van der Waals surface area (Å²) in [4.78, 5) is 26.7. The Labute approximate surface area is 166 Å². The Morgan fingerprint density at radius 3 is 2.57 bits per heavy atom. The van der Waals surface area contributed by atoms with Gasteiger partial charge in [-0.1, -0.05) is 44.2 Å². The number of carbonyl (C=O) groups is 2. The molecule has 0 unspecified atom stereocenters. The van der Waals surface area contributed by atoms with Gasteiger partial charge in [-0.15, -0.1) is 0 Å². The van der Waals surface area contributed by atoms with Crippen molar-refractivity contribution in [3.63, 3.8) is 0 Å². The first-order chi connectivity index (χ1) is 13.6. The number of amides is 2. The van der Waals surface area contributed by atoms with E-state index in [0.29, 0.717) is 19.7 Å². The van der Waals surface area contributed by atoms with Crippen LogP contribution in [0.15, 0.2) is 54.6 Å². The number of benzene rings is 2. The van der Waals surface area contributed by atoms with E-state index in [1.807, 2.05) is 42.5 Å². The van der Waals surface area contributed by atoms with E-state index >= 15 is 0 Å². The quantitative estimate of drug-likeness (QED) is 0.759. The molecule has 1 aliphatic heterocycles. The summed E-state index contributed by atoms with van der Waals surface area (Å²) >= 11 is 0. The fourth-order valence-electron chi connectivity index (χ4n) is 3.37. The Morgan fingerprint density at radius 2 is 1.89 bits per heavy atom. The minimum absolute atomic E-state index is 0.0153. The van der Waals surface area contributed by atoms with Gasteiger partial charge in [0.05, 0.1) is 12.5 Å². The van der Waals surface area contributed by atoms with E-state index in [2.05, 4.69) is 31.3 Å². The van der Waals surface area contributed by atoms with Gasteiger partial charge in [0.15, 0.2) is 0 Å².